The molecule has 0 N–H and O–H groups in total. The van der Waals surface area contributed by atoms with Gasteiger partial charge in [0.15, 0.2) is 11.9 Å². The third-order valence-corrected chi connectivity index (χ3v) is 1.99. The van der Waals surface area contributed by atoms with Gasteiger partial charge in [-0.25, -0.2) is 0 Å². The van der Waals surface area contributed by atoms with E-state index in [9.17, 15) is 14.4 Å². The minimum Gasteiger partial charge on any atom is -0.465 e. The van der Waals surface area contributed by atoms with Gasteiger partial charge < -0.3 is 9.47 Å². The van der Waals surface area contributed by atoms with E-state index in [1.807, 2.05) is 0 Å². The zero-order valence-corrected chi connectivity index (χ0v) is 8.11. The summed E-state index contributed by atoms with van der Waals surface area (Å²) in [6, 6.07) is 0. The molecule has 5 nitrogen and oxygen atoms in total. The van der Waals surface area contributed by atoms with E-state index >= 15 is 0 Å². The van der Waals surface area contributed by atoms with Crippen LogP contribution >= 0.6 is 0 Å². The summed E-state index contributed by atoms with van der Waals surface area (Å²) in [4.78, 5) is 33.7. The molecule has 5 heteroatoms. The van der Waals surface area contributed by atoms with Gasteiger partial charge in [0.1, 0.15) is 0 Å². The van der Waals surface area contributed by atoms with E-state index < -0.39 is 29.7 Å². The van der Waals surface area contributed by atoms with E-state index in [0.29, 0.717) is 6.42 Å². The first-order valence-electron chi connectivity index (χ1n) is 4.52. The summed E-state index contributed by atoms with van der Waals surface area (Å²) in [5.74, 6) is -3.45. The van der Waals surface area contributed by atoms with Crippen LogP contribution in [0.1, 0.15) is 20.3 Å². The summed E-state index contributed by atoms with van der Waals surface area (Å²) in [5.41, 5.74) is 0. The molecule has 2 unspecified atom stereocenters. The molecule has 1 rings (SSSR count). The highest BCUT2D eigenvalue weighted by molar-refractivity contribution is 6.19. The second kappa shape index (κ2) is 4.21. The summed E-state index contributed by atoms with van der Waals surface area (Å²) in [7, 11) is 0. The smallest absolute Gasteiger partial charge is 0.328 e. The van der Waals surface area contributed by atoms with E-state index in [1.165, 1.54) is 0 Å². The topological polar surface area (TPSA) is 69.7 Å². The molecule has 0 aromatic heterocycles. The Bertz CT molecular complexity index is 270. The molecule has 14 heavy (non-hydrogen) atoms. The maximum absolute atomic E-state index is 11.4. The molecule has 0 radical (unpaired) electrons. The molecule has 0 aromatic rings. The van der Waals surface area contributed by atoms with Crippen LogP contribution in [0.3, 0.4) is 0 Å². The Balaban J connectivity index is 2.74. The number of ether oxygens (including phenoxy) is 2. The molecule has 0 aliphatic carbocycles. The minimum atomic E-state index is -1.36. The predicted molar refractivity (Wildman–Crippen MR) is 45.3 cm³/mol. The van der Waals surface area contributed by atoms with Gasteiger partial charge in [-0.1, -0.05) is 6.92 Å². The average molecular weight is 200 g/mol. The van der Waals surface area contributed by atoms with Crippen LogP contribution < -0.4 is 0 Å². The normalized spacial score (nSPS) is 26.1. The fourth-order valence-electron chi connectivity index (χ4n) is 1.29. The van der Waals surface area contributed by atoms with Crippen molar-refractivity contribution in [3.63, 3.8) is 0 Å². The lowest BCUT2D eigenvalue weighted by atomic mass is 10.0. The lowest BCUT2D eigenvalue weighted by molar-refractivity contribution is -0.156. The van der Waals surface area contributed by atoms with Crippen LogP contribution in [0, 0.1) is 5.92 Å². The van der Waals surface area contributed by atoms with Crippen molar-refractivity contribution in [2.45, 2.75) is 26.4 Å². The van der Waals surface area contributed by atoms with E-state index in [-0.39, 0.29) is 6.61 Å². The Hall–Kier alpha value is -1.39. The van der Waals surface area contributed by atoms with Gasteiger partial charge in [-0.2, -0.15) is 0 Å². The lowest BCUT2D eigenvalue weighted by Gasteiger charge is -2.03. The van der Waals surface area contributed by atoms with Crippen LogP contribution in [0.15, 0.2) is 0 Å². The number of hydrogen-bond donors (Lipinski definition) is 0. The minimum absolute atomic E-state index is 0.146. The second-order valence-electron chi connectivity index (χ2n) is 2.92. The van der Waals surface area contributed by atoms with Gasteiger partial charge in [-0.3, -0.25) is 14.4 Å². The van der Waals surface area contributed by atoms with Gasteiger partial charge in [0.2, 0.25) is 5.92 Å². The summed E-state index contributed by atoms with van der Waals surface area (Å²) >= 11 is 0. The molecule has 0 aromatic carbocycles. The van der Waals surface area contributed by atoms with Gasteiger partial charge in [0.05, 0.1) is 6.61 Å². The fourth-order valence-corrected chi connectivity index (χ4v) is 1.29. The highest BCUT2D eigenvalue weighted by Crippen LogP contribution is 2.20. The Morgan fingerprint density at radius 3 is 2.50 bits per heavy atom. The Morgan fingerprint density at radius 1 is 1.43 bits per heavy atom. The first kappa shape index (κ1) is 10.7. The number of carbonyl (C=O) groups excluding carboxylic acids is 3. The van der Waals surface area contributed by atoms with Crippen molar-refractivity contribution < 1.29 is 23.9 Å². The molecule has 78 valence electrons. The number of rotatable bonds is 3. The van der Waals surface area contributed by atoms with Crippen LogP contribution in [-0.4, -0.2) is 30.4 Å². The average Bonchev–Trinajstić information content (AvgIpc) is 2.41. The number of Topliss-reactive ketones (excluding diaryl/α,β-unsaturated/α-hetero) is 1. The van der Waals surface area contributed by atoms with Gasteiger partial charge in [0.25, 0.3) is 0 Å². The third-order valence-electron chi connectivity index (χ3n) is 1.99. The molecule has 1 aliphatic heterocycles. The van der Waals surface area contributed by atoms with Crippen molar-refractivity contribution in [2.24, 2.45) is 5.92 Å². The van der Waals surface area contributed by atoms with Crippen molar-refractivity contribution in [2.75, 3.05) is 6.61 Å². The number of cyclic esters (lactones) is 1. The molecule has 0 saturated carbocycles. The zero-order valence-electron chi connectivity index (χ0n) is 8.11. The van der Waals surface area contributed by atoms with E-state index in [2.05, 4.69) is 4.74 Å². The summed E-state index contributed by atoms with van der Waals surface area (Å²) in [5, 5.41) is 0. The molecule has 1 fully saturated rings. The molecule has 2 atom stereocenters. The van der Waals surface area contributed by atoms with Crippen molar-refractivity contribution >= 4 is 17.7 Å². The number of esters is 2. The van der Waals surface area contributed by atoms with Crippen LogP contribution in [0.4, 0.5) is 0 Å². The molecule has 1 heterocycles. The van der Waals surface area contributed by atoms with E-state index in [4.69, 9.17) is 4.74 Å². The molecular formula is C9H12O5. The van der Waals surface area contributed by atoms with Gasteiger partial charge >= 0.3 is 11.9 Å². The summed E-state index contributed by atoms with van der Waals surface area (Å²) in [6.07, 6.45) is -0.391. The van der Waals surface area contributed by atoms with E-state index in [1.54, 1.807) is 13.8 Å². The number of carbonyl (C=O) groups is 3. The van der Waals surface area contributed by atoms with Crippen LogP contribution in [0.5, 0.6) is 0 Å². The molecule has 0 spiro atoms. The fraction of sp³-hybridized carbons (Fsp3) is 0.667. The summed E-state index contributed by atoms with van der Waals surface area (Å²) in [6.45, 7) is 3.47. The second-order valence-corrected chi connectivity index (χ2v) is 2.92. The van der Waals surface area contributed by atoms with Crippen molar-refractivity contribution in [1.29, 1.82) is 0 Å². The molecule has 1 aliphatic rings. The van der Waals surface area contributed by atoms with Crippen molar-refractivity contribution in [3.05, 3.63) is 0 Å². The highest BCUT2D eigenvalue weighted by atomic mass is 16.6. The van der Waals surface area contributed by atoms with Gasteiger partial charge in [0, 0.05) is 0 Å². The SMILES string of the molecule is CCOC(=O)C1C(=O)OC(CC)C1=O. The monoisotopic (exact) mass is 200 g/mol. The number of ketones is 1. The van der Waals surface area contributed by atoms with Crippen LogP contribution in [0.2, 0.25) is 0 Å². The quantitative estimate of drug-likeness (QED) is 0.476. The van der Waals surface area contributed by atoms with Crippen molar-refractivity contribution in [1.82, 2.24) is 0 Å². The van der Waals surface area contributed by atoms with E-state index in [0.717, 1.165) is 0 Å². The molecule has 0 bridgehead atoms. The Labute approximate surface area is 81.4 Å². The maximum Gasteiger partial charge on any atom is 0.328 e. The molecule has 0 amide bonds. The number of hydrogen-bond acceptors (Lipinski definition) is 5. The van der Waals surface area contributed by atoms with Crippen LogP contribution in [-0.2, 0) is 23.9 Å². The standard InChI is InChI=1S/C9H12O5/c1-3-5-7(10)6(9(12)14-5)8(11)13-4-2/h5-6H,3-4H2,1-2H3. The highest BCUT2D eigenvalue weighted by Gasteiger charge is 2.48. The Kier molecular flexibility index (Phi) is 3.22. The van der Waals surface area contributed by atoms with Crippen LogP contribution in [0.25, 0.3) is 0 Å². The maximum atomic E-state index is 11.4. The lowest BCUT2D eigenvalue weighted by Crippen LogP contribution is -2.29. The van der Waals surface area contributed by atoms with Gasteiger partial charge in [-0.15, -0.1) is 0 Å². The third kappa shape index (κ3) is 1.76. The first-order valence-corrected chi connectivity index (χ1v) is 4.52. The Morgan fingerprint density at radius 2 is 2.07 bits per heavy atom. The summed E-state index contributed by atoms with van der Waals surface area (Å²) < 4.78 is 9.31. The molecular weight excluding hydrogens is 188 g/mol. The zero-order chi connectivity index (χ0) is 10.7. The van der Waals surface area contributed by atoms with Crippen molar-refractivity contribution in [3.8, 4) is 0 Å². The first-order chi connectivity index (χ1) is 6.61. The predicted octanol–water partition coefficient (Wildman–Crippen LogP) is 0.0702. The van der Waals surface area contributed by atoms with Gasteiger partial charge in [-0.05, 0) is 13.3 Å². The molecule has 1 saturated heterocycles. The largest absolute Gasteiger partial charge is 0.465 e.